The van der Waals surface area contributed by atoms with Gasteiger partial charge in [0.05, 0.1) is 9.90 Å². The Morgan fingerprint density at radius 3 is 2.60 bits per heavy atom. The van der Waals surface area contributed by atoms with E-state index in [0.29, 0.717) is 16.3 Å². The summed E-state index contributed by atoms with van der Waals surface area (Å²) in [4.78, 5) is 0.731. The van der Waals surface area contributed by atoms with E-state index in [9.17, 15) is 5.11 Å². The van der Waals surface area contributed by atoms with Crippen molar-refractivity contribution in [1.29, 1.82) is 0 Å². The molecule has 0 saturated carbocycles. The molecule has 0 radical (unpaired) electrons. The lowest BCUT2D eigenvalue weighted by molar-refractivity contribution is 0.225. The molecule has 1 atom stereocenters. The van der Waals surface area contributed by atoms with Crippen molar-refractivity contribution < 1.29 is 5.11 Å². The van der Waals surface area contributed by atoms with Gasteiger partial charge in [-0.1, -0.05) is 29.8 Å². The highest BCUT2D eigenvalue weighted by atomic mass is 35.5. The minimum atomic E-state index is -0.737. The Balaban J connectivity index is 2.41. The van der Waals surface area contributed by atoms with E-state index in [4.69, 9.17) is 17.3 Å². The summed E-state index contributed by atoms with van der Waals surface area (Å²) < 4.78 is 0. The number of thiophene rings is 1. The van der Waals surface area contributed by atoms with Crippen LogP contribution in [0.25, 0.3) is 0 Å². The maximum absolute atomic E-state index is 10.1. The fourth-order valence-electron chi connectivity index (χ4n) is 1.40. The molecule has 78 valence electrons. The molecule has 0 amide bonds. The van der Waals surface area contributed by atoms with Crippen LogP contribution in [-0.4, -0.2) is 5.11 Å². The molecule has 0 fully saturated rings. The Bertz CT molecular complexity index is 469. The summed E-state index contributed by atoms with van der Waals surface area (Å²) >= 11 is 7.37. The lowest BCUT2D eigenvalue weighted by atomic mass is 10.1. The topological polar surface area (TPSA) is 46.2 Å². The van der Waals surface area contributed by atoms with Crippen molar-refractivity contribution in [3.8, 4) is 0 Å². The van der Waals surface area contributed by atoms with E-state index in [1.807, 2.05) is 17.5 Å². The third-order valence-corrected chi connectivity index (χ3v) is 3.59. The first-order chi connectivity index (χ1) is 7.20. The van der Waals surface area contributed by atoms with E-state index in [2.05, 4.69) is 0 Å². The van der Waals surface area contributed by atoms with Crippen LogP contribution in [0.5, 0.6) is 0 Å². The number of para-hydroxylation sites is 1. The third kappa shape index (κ3) is 2.00. The molecule has 0 aliphatic carbocycles. The number of aliphatic hydroxyl groups is 1. The van der Waals surface area contributed by atoms with Crippen LogP contribution >= 0.6 is 22.9 Å². The zero-order valence-electron chi connectivity index (χ0n) is 7.85. The molecular formula is C11H10ClNOS. The zero-order valence-corrected chi connectivity index (χ0v) is 9.42. The molecule has 1 unspecified atom stereocenters. The molecule has 2 rings (SSSR count). The summed E-state index contributed by atoms with van der Waals surface area (Å²) in [6, 6.07) is 9.01. The number of rotatable bonds is 2. The SMILES string of the molecule is Nc1ccccc1C(O)c1sccc1Cl. The summed E-state index contributed by atoms with van der Waals surface area (Å²) in [5.41, 5.74) is 7.05. The molecule has 1 aromatic heterocycles. The summed E-state index contributed by atoms with van der Waals surface area (Å²) in [5, 5.41) is 12.5. The van der Waals surface area contributed by atoms with Gasteiger partial charge in [-0.05, 0) is 17.5 Å². The molecule has 0 aliphatic heterocycles. The van der Waals surface area contributed by atoms with Gasteiger partial charge < -0.3 is 10.8 Å². The molecule has 2 nitrogen and oxygen atoms in total. The average molecular weight is 240 g/mol. The fourth-order valence-corrected chi connectivity index (χ4v) is 2.56. The molecule has 0 saturated heterocycles. The fraction of sp³-hybridized carbons (Fsp3) is 0.0909. The van der Waals surface area contributed by atoms with E-state index in [1.165, 1.54) is 11.3 Å². The number of benzene rings is 1. The Labute approximate surface area is 96.9 Å². The van der Waals surface area contributed by atoms with E-state index >= 15 is 0 Å². The molecule has 1 heterocycles. The third-order valence-electron chi connectivity index (χ3n) is 2.18. The summed E-state index contributed by atoms with van der Waals surface area (Å²) in [6.45, 7) is 0. The molecule has 1 aromatic carbocycles. The quantitative estimate of drug-likeness (QED) is 0.792. The van der Waals surface area contributed by atoms with Crippen molar-refractivity contribution in [2.45, 2.75) is 6.10 Å². The highest BCUT2D eigenvalue weighted by molar-refractivity contribution is 7.10. The summed E-state index contributed by atoms with van der Waals surface area (Å²) in [6.07, 6.45) is -0.737. The second-order valence-corrected chi connectivity index (χ2v) is 4.52. The number of nitrogen functional groups attached to an aromatic ring is 1. The number of anilines is 1. The van der Waals surface area contributed by atoms with Crippen molar-refractivity contribution in [2.75, 3.05) is 5.73 Å². The Morgan fingerprint density at radius 2 is 2.00 bits per heavy atom. The average Bonchev–Trinajstić information content (AvgIpc) is 2.64. The maximum Gasteiger partial charge on any atom is 0.117 e. The minimum Gasteiger partial charge on any atom is -0.398 e. The van der Waals surface area contributed by atoms with Crippen LogP contribution in [0.3, 0.4) is 0 Å². The molecular weight excluding hydrogens is 230 g/mol. The van der Waals surface area contributed by atoms with Gasteiger partial charge in [-0.2, -0.15) is 0 Å². The van der Waals surface area contributed by atoms with E-state index < -0.39 is 6.10 Å². The van der Waals surface area contributed by atoms with Crippen molar-refractivity contribution in [1.82, 2.24) is 0 Å². The number of halogens is 1. The molecule has 3 N–H and O–H groups in total. The van der Waals surface area contributed by atoms with Crippen molar-refractivity contribution in [3.63, 3.8) is 0 Å². The number of aliphatic hydroxyl groups excluding tert-OH is 1. The van der Waals surface area contributed by atoms with Crippen LogP contribution in [-0.2, 0) is 0 Å². The highest BCUT2D eigenvalue weighted by Gasteiger charge is 2.16. The molecule has 0 bridgehead atoms. The van der Waals surface area contributed by atoms with Crippen LogP contribution in [0.15, 0.2) is 35.7 Å². The number of nitrogens with two attached hydrogens (primary N) is 1. The predicted molar refractivity (Wildman–Crippen MR) is 64.2 cm³/mol. The Kier molecular flexibility index (Phi) is 2.95. The van der Waals surface area contributed by atoms with Crippen LogP contribution < -0.4 is 5.73 Å². The Hall–Kier alpha value is -1.03. The van der Waals surface area contributed by atoms with Crippen LogP contribution in [0.2, 0.25) is 5.02 Å². The smallest absolute Gasteiger partial charge is 0.117 e. The van der Waals surface area contributed by atoms with Crippen molar-refractivity contribution >= 4 is 28.6 Å². The number of hydrogen-bond donors (Lipinski definition) is 2. The van der Waals surface area contributed by atoms with Gasteiger partial charge in [0, 0.05) is 11.3 Å². The van der Waals surface area contributed by atoms with Gasteiger partial charge in [-0.3, -0.25) is 0 Å². The van der Waals surface area contributed by atoms with Crippen LogP contribution in [0.1, 0.15) is 16.5 Å². The second-order valence-electron chi connectivity index (χ2n) is 3.16. The van der Waals surface area contributed by atoms with Crippen molar-refractivity contribution in [2.24, 2.45) is 0 Å². The normalized spacial score (nSPS) is 12.7. The van der Waals surface area contributed by atoms with E-state index in [0.717, 1.165) is 4.88 Å². The molecule has 2 aromatic rings. The maximum atomic E-state index is 10.1. The van der Waals surface area contributed by atoms with Gasteiger partial charge >= 0.3 is 0 Å². The van der Waals surface area contributed by atoms with Crippen molar-refractivity contribution in [3.05, 3.63) is 51.2 Å². The van der Waals surface area contributed by atoms with Gasteiger partial charge in [-0.15, -0.1) is 11.3 Å². The second kappa shape index (κ2) is 4.23. The minimum absolute atomic E-state index is 0.578. The first-order valence-electron chi connectivity index (χ1n) is 4.45. The molecule has 15 heavy (non-hydrogen) atoms. The Morgan fingerprint density at radius 1 is 1.27 bits per heavy atom. The lowest BCUT2D eigenvalue weighted by Gasteiger charge is -2.12. The largest absolute Gasteiger partial charge is 0.398 e. The molecule has 0 spiro atoms. The standard InChI is InChI=1S/C11H10ClNOS/c12-8-5-6-15-11(8)10(14)7-3-1-2-4-9(7)13/h1-6,10,14H,13H2. The van der Waals surface area contributed by atoms with Gasteiger partial charge in [-0.25, -0.2) is 0 Å². The first-order valence-corrected chi connectivity index (χ1v) is 5.71. The zero-order chi connectivity index (χ0) is 10.8. The highest BCUT2D eigenvalue weighted by Crippen LogP contribution is 2.34. The van der Waals surface area contributed by atoms with Gasteiger partial charge in [0.2, 0.25) is 0 Å². The lowest BCUT2D eigenvalue weighted by Crippen LogP contribution is -2.02. The van der Waals surface area contributed by atoms with Crippen LogP contribution in [0.4, 0.5) is 5.69 Å². The predicted octanol–water partition coefficient (Wildman–Crippen LogP) is 3.07. The molecule has 4 heteroatoms. The summed E-state index contributed by atoms with van der Waals surface area (Å²) in [5.74, 6) is 0. The van der Waals surface area contributed by atoms with Crippen LogP contribution in [0, 0.1) is 0 Å². The molecule has 0 aliphatic rings. The van der Waals surface area contributed by atoms with E-state index in [-0.39, 0.29) is 0 Å². The first kappa shape index (κ1) is 10.5. The monoisotopic (exact) mass is 239 g/mol. The number of hydrogen-bond acceptors (Lipinski definition) is 3. The summed E-state index contributed by atoms with van der Waals surface area (Å²) in [7, 11) is 0. The van der Waals surface area contributed by atoms with Gasteiger partial charge in [0.25, 0.3) is 0 Å². The van der Waals surface area contributed by atoms with Gasteiger partial charge in [0.1, 0.15) is 6.10 Å². The van der Waals surface area contributed by atoms with E-state index in [1.54, 1.807) is 18.2 Å². The van der Waals surface area contributed by atoms with Gasteiger partial charge in [0.15, 0.2) is 0 Å².